The minimum Gasteiger partial charge on any atom is -0.383 e. The van der Waals surface area contributed by atoms with E-state index in [4.69, 9.17) is 15.6 Å². The number of ether oxygens (including phenoxy) is 1. The van der Waals surface area contributed by atoms with E-state index in [0.29, 0.717) is 34.5 Å². The van der Waals surface area contributed by atoms with Crippen LogP contribution in [0.25, 0.3) is 22.2 Å². The Hall–Kier alpha value is -3.61. The molecule has 4 aromatic rings. The molecule has 1 aliphatic heterocycles. The van der Waals surface area contributed by atoms with Crippen molar-refractivity contribution in [2.45, 2.75) is 68.5 Å². The van der Waals surface area contributed by atoms with Crippen LogP contribution >= 0.6 is 0 Å². The van der Waals surface area contributed by atoms with E-state index in [0.717, 1.165) is 62.1 Å². The highest BCUT2D eigenvalue weighted by Crippen LogP contribution is 2.42. The highest BCUT2D eigenvalue weighted by molar-refractivity contribution is 7.92. The van der Waals surface area contributed by atoms with Crippen LogP contribution in [0, 0.1) is 11.6 Å². The van der Waals surface area contributed by atoms with Gasteiger partial charge < -0.3 is 10.5 Å². The third-order valence-electron chi connectivity index (χ3n) is 8.79. The molecule has 1 saturated carbocycles. The zero-order valence-electron chi connectivity index (χ0n) is 24.4. The van der Waals surface area contributed by atoms with Gasteiger partial charge in [-0.1, -0.05) is 18.2 Å². The van der Waals surface area contributed by atoms with Gasteiger partial charge in [0.05, 0.1) is 35.8 Å². The number of likely N-dealkylation sites (N-methyl/N-ethyl adjacent to an activating group) is 1. The number of aromatic nitrogens is 3. The van der Waals surface area contributed by atoms with Crippen molar-refractivity contribution in [3.8, 4) is 11.3 Å². The van der Waals surface area contributed by atoms with Gasteiger partial charge in [0.25, 0.3) is 10.0 Å². The SMILES string of the molecule is CC(C)n1nc(-c2ccc(NS(=O)(=O)c3ccccc3F)c(F)c2)c2c(N)ncc(C3CCC(N(C)C4COC4)CC3)c21. The molecule has 0 amide bonds. The maximum Gasteiger partial charge on any atom is 0.264 e. The number of nitrogens with zero attached hydrogens (tertiary/aromatic N) is 4. The van der Waals surface area contributed by atoms with Crippen LogP contribution in [0.5, 0.6) is 0 Å². The maximum absolute atomic E-state index is 15.4. The summed E-state index contributed by atoms with van der Waals surface area (Å²) in [5.41, 5.74) is 9.02. The van der Waals surface area contributed by atoms with Gasteiger partial charge in [0, 0.05) is 23.8 Å². The Morgan fingerprint density at radius 2 is 1.77 bits per heavy atom. The highest BCUT2D eigenvalue weighted by atomic mass is 32.2. The first kappa shape index (κ1) is 29.5. The molecular formula is C31H36F2N6O3S. The fourth-order valence-corrected chi connectivity index (χ4v) is 7.40. The summed E-state index contributed by atoms with van der Waals surface area (Å²) in [7, 11) is -2.16. The number of hydrogen-bond donors (Lipinski definition) is 2. The summed E-state index contributed by atoms with van der Waals surface area (Å²) in [4.78, 5) is 6.45. The molecule has 43 heavy (non-hydrogen) atoms. The molecule has 3 heterocycles. The van der Waals surface area contributed by atoms with Crippen LogP contribution in [0.2, 0.25) is 0 Å². The maximum atomic E-state index is 15.4. The van der Waals surface area contributed by atoms with Crippen LogP contribution in [0.4, 0.5) is 20.3 Å². The van der Waals surface area contributed by atoms with E-state index < -0.39 is 26.6 Å². The van der Waals surface area contributed by atoms with Crippen LogP contribution in [-0.4, -0.2) is 60.4 Å². The lowest BCUT2D eigenvalue weighted by atomic mass is 9.80. The van der Waals surface area contributed by atoms with E-state index in [9.17, 15) is 12.8 Å². The third-order valence-corrected chi connectivity index (χ3v) is 10.2. The first-order valence-electron chi connectivity index (χ1n) is 14.6. The van der Waals surface area contributed by atoms with E-state index in [1.54, 1.807) is 6.07 Å². The quantitative estimate of drug-likeness (QED) is 0.263. The molecule has 12 heteroatoms. The molecule has 1 aliphatic carbocycles. The summed E-state index contributed by atoms with van der Waals surface area (Å²) in [5.74, 6) is -1.17. The average molecular weight is 611 g/mol. The number of pyridine rings is 1. The zero-order valence-corrected chi connectivity index (χ0v) is 25.2. The largest absolute Gasteiger partial charge is 0.383 e. The van der Waals surface area contributed by atoms with Gasteiger partial charge in [-0.3, -0.25) is 14.3 Å². The number of halogens is 2. The molecule has 0 atom stereocenters. The average Bonchev–Trinajstić information content (AvgIpc) is 3.36. The minimum absolute atomic E-state index is 0.00501. The number of nitrogens with one attached hydrogen (secondary N) is 1. The van der Waals surface area contributed by atoms with E-state index in [1.165, 1.54) is 24.3 Å². The number of nitrogens with two attached hydrogens (primary N) is 1. The van der Waals surface area contributed by atoms with Crippen LogP contribution < -0.4 is 10.5 Å². The predicted molar refractivity (Wildman–Crippen MR) is 162 cm³/mol. The fraction of sp³-hybridized carbons (Fsp3) is 0.419. The van der Waals surface area contributed by atoms with Crippen LogP contribution in [0.15, 0.2) is 53.6 Å². The molecular weight excluding hydrogens is 574 g/mol. The first-order chi connectivity index (χ1) is 20.5. The Kier molecular flexibility index (Phi) is 7.86. The lowest BCUT2D eigenvalue weighted by Crippen LogP contribution is -2.52. The summed E-state index contributed by atoms with van der Waals surface area (Å²) >= 11 is 0. The second-order valence-electron chi connectivity index (χ2n) is 11.8. The normalized spacial score (nSPS) is 19.7. The summed E-state index contributed by atoms with van der Waals surface area (Å²) in [5, 5.41) is 5.53. The lowest BCUT2D eigenvalue weighted by molar-refractivity contribution is -0.0738. The Morgan fingerprint density at radius 3 is 2.40 bits per heavy atom. The molecule has 2 aliphatic rings. The first-order valence-corrected chi connectivity index (χ1v) is 16.1. The third kappa shape index (κ3) is 5.47. The van der Waals surface area contributed by atoms with Gasteiger partial charge in [-0.15, -0.1) is 0 Å². The topological polar surface area (TPSA) is 115 Å². The van der Waals surface area contributed by atoms with Crippen molar-refractivity contribution in [3.63, 3.8) is 0 Å². The Bertz CT molecular complexity index is 1760. The van der Waals surface area contributed by atoms with Crippen LogP contribution in [-0.2, 0) is 14.8 Å². The molecule has 9 nitrogen and oxygen atoms in total. The monoisotopic (exact) mass is 610 g/mol. The zero-order chi connectivity index (χ0) is 30.5. The Labute approximate surface area is 250 Å². The number of hydrogen-bond acceptors (Lipinski definition) is 7. The Balaban J connectivity index is 1.33. The summed E-state index contributed by atoms with van der Waals surface area (Å²) < 4.78 is 64.5. The number of benzene rings is 2. The van der Waals surface area contributed by atoms with Crippen molar-refractivity contribution >= 4 is 32.4 Å². The fourth-order valence-electron chi connectivity index (χ4n) is 6.25. The molecule has 3 N–H and O–H groups in total. The van der Waals surface area contributed by atoms with Gasteiger partial charge >= 0.3 is 0 Å². The van der Waals surface area contributed by atoms with Gasteiger partial charge in [0.15, 0.2) is 0 Å². The molecule has 228 valence electrons. The lowest BCUT2D eigenvalue weighted by Gasteiger charge is -2.42. The van der Waals surface area contributed by atoms with Crippen molar-refractivity contribution < 1.29 is 21.9 Å². The van der Waals surface area contributed by atoms with Gasteiger partial charge in [-0.2, -0.15) is 5.10 Å². The molecule has 0 bridgehead atoms. The standard InChI is InChI=1S/C31H36F2N6O3S/c1-18(2)39-30-23(19-8-11-21(12-9-19)38(3)22-16-42-17-22)15-35-31(34)28(30)29(36-39)20-10-13-26(25(33)14-20)37-43(40,41)27-7-5-4-6-24(27)32/h4-7,10,13-15,18-19,21-22,37H,8-9,11-12,16-17H2,1-3H3,(H2,34,35). The van der Waals surface area contributed by atoms with Gasteiger partial charge in [-0.25, -0.2) is 22.2 Å². The summed E-state index contributed by atoms with van der Waals surface area (Å²) in [6, 6.07) is 10.0. The molecule has 2 fully saturated rings. The van der Waals surface area contributed by atoms with Crippen molar-refractivity contribution in [1.82, 2.24) is 19.7 Å². The number of fused-ring (bicyclic) bond motifs is 1. The van der Waals surface area contributed by atoms with Crippen molar-refractivity contribution in [2.24, 2.45) is 0 Å². The van der Waals surface area contributed by atoms with E-state index in [-0.39, 0.29) is 17.6 Å². The number of nitrogen functional groups attached to an aromatic ring is 1. The molecule has 2 aromatic heterocycles. The predicted octanol–water partition coefficient (Wildman–Crippen LogP) is 5.70. The molecule has 0 radical (unpaired) electrons. The molecule has 2 aromatic carbocycles. The molecule has 0 spiro atoms. The number of anilines is 2. The van der Waals surface area contributed by atoms with Gasteiger partial charge in [0.2, 0.25) is 0 Å². The van der Waals surface area contributed by atoms with E-state index >= 15 is 4.39 Å². The van der Waals surface area contributed by atoms with Gasteiger partial charge in [0.1, 0.15) is 28.0 Å². The van der Waals surface area contributed by atoms with Gasteiger partial charge in [-0.05, 0) is 82.3 Å². The molecule has 6 rings (SSSR count). The Morgan fingerprint density at radius 1 is 1.05 bits per heavy atom. The molecule has 0 unspecified atom stereocenters. The summed E-state index contributed by atoms with van der Waals surface area (Å²) in [6.07, 6.45) is 6.02. The van der Waals surface area contributed by atoms with Crippen molar-refractivity contribution in [3.05, 3.63) is 65.9 Å². The minimum atomic E-state index is -4.35. The van der Waals surface area contributed by atoms with Crippen LogP contribution in [0.1, 0.15) is 57.1 Å². The number of sulfonamides is 1. The highest BCUT2D eigenvalue weighted by Gasteiger charge is 2.33. The van der Waals surface area contributed by atoms with E-state index in [1.807, 2.05) is 24.7 Å². The summed E-state index contributed by atoms with van der Waals surface area (Å²) in [6.45, 7) is 5.66. The van der Waals surface area contributed by atoms with Crippen LogP contribution in [0.3, 0.4) is 0 Å². The van der Waals surface area contributed by atoms with Crippen molar-refractivity contribution in [1.29, 1.82) is 0 Å². The van der Waals surface area contributed by atoms with Crippen molar-refractivity contribution in [2.75, 3.05) is 30.7 Å². The second kappa shape index (κ2) is 11.5. The smallest absolute Gasteiger partial charge is 0.264 e. The second-order valence-corrected chi connectivity index (χ2v) is 13.5. The number of rotatable bonds is 8. The molecule has 1 saturated heterocycles. The van der Waals surface area contributed by atoms with E-state index in [2.05, 4.69) is 21.7 Å².